The van der Waals surface area contributed by atoms with Crippen molar-refractivity contribution in [2.75, 3.05) is 13.1 Å². The second-order valence-corrected chi connectivity index (χ2v) is 3.51. The molecule has 0 aliphatic heterocycles. The van der Waals surface area contributed by atoms with Crippen molar-refractivity contribution in [2.24, 2.45) is 0 Å². The van der Waals surface area contributed by atoms with Crippen LogP contribution in [-0.2, 0) is 9.59 Å². The zero-order valence-corrected chi connectivity index (χ0v) is 12.4. The molecule has 5 heteroatoms. The fourth-order valence-electron chi connectivity index (χ4n) is 1.21. The minimum atomic E-state index is -1.12. The molecule has 0 atom stereocenters. The number of aliphatic carboxylic acids is 1. The monoisotopic (exact) mass is 255 g/mol. The predicted octanol–water partition coefficient (Wildman–Crippen LogP) is -3.00. The summed E-state index contributed by atoms with van der Waals surface area (Å²) < 4.78 is 0. The van der Waals surface area contributed by atoms with E-state index in [4.69, 9.17) is 0 Å². The van der Waals surface area contributed by atoms with E-state index in [1.165, 1.54) is 6.08 Å². The molecule has 0 saturated heterocycles. The van der Waals surface area contributed by atoms with Crippen LogP contribution in [0.5, 0.6) is 0 Å². The van der Waals surface area contributed by atoms with Gasteiger partial charge in [0.25, 0.3) is 0 Å². The van der Waals surface area contributed by atoms with E-state index in [0.717, 1.165) is 5.56 Å². The third-order valence-electron chi connectivity index (χ3n) is 2.07. The van der Waals surface area contributed by atoms with Crippen LogP contribution in [0.1, 0.15) is 12.0 Å². The largest absolute Gasteiger partial charge is 1.00 e. The van der Waals surface area contributed by atoms with Gasteiger partial charge in [-0.05, 0) is 18.1 Å². The van der Waals surface area contributed by atoms with Crippen molar-refractivity contribution >= 4 is 17.8 Å². The first-order valence-electron chi connectivity index (χ1n) is 5.35. The van der Waals surface area contributed by atoms with Gasteiger partial charge in [-0.1, -0.05) is 36.4 Å². The number of carboxylic acid groups (broad SMARTS) is 1. The summed E-state index contributed by atoms with van der Waals surface area (Å²) in [6.45, 7) is 0.379. The van der Waals surface area contributed by atoms with Crippen molar-refractivity contribution in [3.05, 3.63) is 42.0 Å². The van der Waals surface area contributed by atoms with E-state index in [0.29, 0.717) is 0 Å². The van der Waals surface area contributed by atoms with Crippen LogP contribution in [-0.4, -0.2) is 24.8 Å². The Hall–Kier alpha value is -0.940. The smallest absolute Gasteiger partial charge is 0.550 e. The van der Waals surface area contributed by atoms with Crippen molar-refractivity contribution in [1.82, 2.24) is 5.32 Å². The van der Waals surface area contributed by atoms with Gasteiger partial charge in [0.15, 0.2) is 5.78 Å². The summed E-state index contributed by atoms with van der Waals surface area (Å²) in [4.78, 5) is 21.5. The maximum absolute atomic E-state index is 11.3. The van der Waals surface area contributed by atoms with Gasteiger partial charge < -0.3 is 15.2 Å². The van der Waals surface area contributed by atoms with Gasteiger partial charge in [-0.15, -0.1) is 0 Å². The van der Waals surface area contributed by atoms with Crippen LogP contribution >= 0.6 is 0 Å². The molecular weight excluding hydrogens is 241 g/mol. The van der Waals surface area contributed by atoms with Gasteiger partial charge in [-0.2, -0.15) is 0 Å². The van der Waals surface area contributed by atoms with Crippen molar-refractivity contribution < 1.29 is 44.3 Å². The van der Waals surface area contributed by atoms with Crippen LogP contribution in [0.25, 0.3) is 6.08 Å². The van der Waals surface area contributed by atoms with Gasteiger partial charge >= 0.3 is 29.6 Å². The summed E-state index contributed by atoms with van der Waals surface area (Å²) >= 11 is 0. The summed E-state index contributed by atoms with van der Waals surface area (Å²) in [5.74, 6) is -1.21. The first kappa shape index (κ1) is 17.1. The topological polar surface area (TPSA) is 69.2 Å². The fourth-order valence-corrected chi connectivity index (χ4v) is 1.21. The number of hydrogen-bond donors (Lipinski definition) is 1. The number of benzene rings is 1. The molecular formula is C13H14NNaO3. The van der Waals surface area contributed by atoms with Crippen LogP contribution in [0, 0.1) is 0 Å². The summed E-state index contributed by atoms with van der Waals surface area (Å²) in [6.07, 6.45) is 3.11. The summed E-state index contributed by atoms with van der Waals surface area (Å²) in [5, 5.41) is 12.8. The van der Waals surface area contributed by atoms with Crippen LogP contribution in [0.4, 0.5) is 0 Å². The number of nitrogens with one attached hydrogen (secondary N) is 1. The molecule has 0 saturated carbocycles. The first-order chi connectivity index (χ1) is 8.18. The second kappa shape index (κ2) is 10.0. The molecule has 0 bridgehead atoms. The Kier molecular flexibility index (Phi) is 9.50. The molecule has 0 unspecified atom stereocenters. The molecule has 1 aromatic rings. The van der Waals surface area contributed by atoms with Crippen molar-refractivity contribution in [1.29, 1.82) is 0 Å². The van der Waals surface area contributed by atoms with Crippen LogP contribution in [0.2, 0.25) is 0 Å². The quantitative estimate of drug-likeness (QED) is 0.320. The maximum Gasteiger partial charge on any atom is 1.00 e. The van der Waals surface area contributed by atoms with E-state index >= 15 is 0 Å². The van der Waals surface area contributed by atoms with Gasteiger partial charge in [-0.25, -0.2) is 0 Å². The Morgan fingerprint density at radius 2 is 1.89 bits per heavy atom. The molecule has 1 aromatic carbocycles. The molecule has 0 aromatic heterocycles. The zero-order chi connectivity index (χ0) is 12.5. The number of carboxylic acids is 1. The van der Waals surface area contributed by atoms with Crippen molar-refractivity contribution in [3.8, 4) is 0 Å². The third-order valence-corrected chi connectivity index (χ3v) is 2.07. The molecule has 0 aliphatic carbocycles. The zero-order valence-electron chi connectivity index (χ0n) is 10.4. The molecule has 0 spiro atoms. The molecule has 1 rings (SSSR count). The number of carbonyl (C=O) groups is 2. The second-order valence-electron chi connectivity index (χ2n) is 3.51. The van der Waals surface area contributed by atoms with Gasteiger partial charge in [0.05, 0.1) is 6.54 Å². The van der Waals surface area contributed by atoms with Crippen molar-refractivity contribution in [3.63, 3.8) is 0 Å². The molecule has 1 N–H and O–H groups in total. The number of rotatable bonds is 7. The van der Waals surface area contributed by atoms with Crippen LogP contribution in [0.15, 0.2) is 36.4 Å². The van der Waals surface area contributed by atoms with Gasteiger partial charge in [0.2, 0.25) is 0 Å². The predicted molar refractivity (Wildman–Crippen MR) is 63.0 cm³/mol. The molecule has 90 valence electrons. The van der Waals surface area contributed by atoms with Crippen LogP contribution in [0.3, 0.4) is 0 Å². The molecule has 0 radical (unpaired) electrons. The Bertz CT molecular complexity index is 404. The molecule has 18 heavy (non-hydrogen) atoms. The average Bonchev–Trinajstić information content (AvgIpc) is 2.33. The van der Waals surface area contributed by atoms with E-state index in [-0.39, 0.29) is 54.9 Å². The standard InChI is InChI=1S/C13H15NO3.Na/c15-12(10-14-9-8-13(16)17)7-6-11-4-2-1-3-5-11;/h1-7,14H,8-10H2,(H,16,17);/q;+1/p-1. The van der Waals surface area contributed by atoms with Gasteiger partial charge in [0.1, 0.15) is 0 Å². The molecule has 0 fully saturated rings. The Labute approximate surface area is 128 Å². The van der Waals surface area contributed by atoms with E-state index in [2.05, 4.69) is 5.32 Å². The summed E-state index contributed by atoms with van der Waals surface area (Å²) in [7, 11) is 0. The van der Waals surface area contributed by atoms with Crippen LogP contribution < -0.4 is 40.0 Å². The fraction of sp³-hybridized carbons (Fsp3) is 0.231. The molecule has 4 nitrogen and oxygen atoms in total. The summed E-state index contributed by atoms with van der Waals surface area (Å²) in [6, 6.07) is 9.48. The molecule has 0 aliphatic rings. The normalized spacial score (nSPS) is 10.0. The Balaban J connectivity index is 0.00000289. The van der Waals surface area contributed by atoms with Gasteiger partial charge in [0, 0.05) is 12.5 Å². The third kappa shape index (κ3) is 8.20. The van der Waals surface area contributed by atoms with E-state index in [9.17, 15) is 14.7 Å². The molecule has 0 amide bonds. The number of hydrogen-bond acceptors (Lipinski definition) is 4. The van der Waals surface area contributed by atoms with Gasteiger partial charge in [-0.3, -0.25) is 4.79 Å². The minimum absolute atomic E-state index is 0. The number of carbonyl (C=O) groups excluding carboxylic acids is 2. The minimum Gasteiger partial charge on any atom is -0.550 e. The SMILES string of the molecule is O=C([O-])CCNCC(=O)C=Cc1ccccc1.[Na+]. The molecule has 0 heterocycles. The Morgan fingerprint density at radius 3 is 2.50 bits per heavy atom. The Morgan fingerprint density at radius 1 is 1.22 bits per heavy atom. The van der Waals surface area contributed by atoms with E-state index < -0.39 is 5.97 Å². The van der Waals surface area contributed by atoms with Crippen molar-refractivity contribution in [2.45, 2.75) is 6.42 Å². The average molecular weight is 255 g/mol. The van der Waals surface area contributed by atoms with E-state index in [1.54, 1.807) is 6.08 Å². The first-order valence-corrected chi connectivity index (χ1v) is 5.35. The maximum atomic E-state index is 11.3. The summed E-state index contributed by atoms with van der Waals surface area (Å²) in [5.41, 5.74) is 0.954. The van der Waals surface area contributed by atoms with E-state index in [1.807, 2.05) is 30.3 Å². The number of ketones is 1.